The second kappa shape index (κ2) is 11.0. The number of benzene rings is 3. The minimum Gasteiger partial charge on any atom is -0.497 e. The predicted molar refractivity (Wildman–Crippen MR) is 137 cm³/mol. The summed E-state index contributed by atoms with van der Waals surface area (Å²) in [5.41, 5.74) is 3.89. The molecule has 1 heterocycles. The molecule has 1 aromatic heterocycles. The average Bonchev–Trinajstić information content (AvgIpc) is 2.86. The number of amides is 1. The zero-order valence-electron chi connectivity index (χ0n) is 19.3. The third kappa shape index (κ3) is 5.66. The van der Waals surface area contributed by atoms with E-state index >= 15 is 0 Å². The first kappa shape index (κ1) is 23.6. The number of fused-ring (bicyclic) bond motifs is 1. The van der Waals surface area contributed by atoms with Crippen molar-refractivity contribution in [3.05, 3.63) is 99.8 Å². The highest BCUT2D eigenvalue weighted by Crippen LogP contribution is 2.20. The Balaban J connectivity index is 1.48. The molecule has 4 aromatic rings. The van der Waals surface area contributed by atoms with Gasteiger partial charge in [-0.25, -0.2) is 4.98 Å². The first-order valence-corrected chi connectivity index (χ1v) is 12.1. The topological polar surface area (TPSA) is 73.2 Å². The molecule has 0 atom stereocenters. The zero-order chi connectivity index (χ0) is 23.9. The van der Waals surface area contributed by atoms with Gasteiger partial charge in [0, 0.05) is 6.54 Å². The molecule has 0 radical (unpaired) electrons. The van der Waals surface area contributed by atoms with Crippen molar-refractivity contribution < 1.29 is 9.53 Å². The van der Waals surface area contributed by atoms with Gasteiger partial charge < -0.3 is 10.1 Å². The van der Waals surface area contributed by atoms with Crippen molar-refractivity contribution in [1.82, 2.24) is 14.9 Å². The summed E-state index contributed by atoms with van der Waals surface area (Å²) >= 11 is 1.28. The van der Waals surface area contributed by atoms with Crippen molar-refractivity contribution >= 4 is 28.6 Å². The lowest BCUT2D eigenvalue weighted by Crippen LogP contribution is -2.28. The average molecular weight is 474 g/mol. The Kier molecular flexibility index (Phi) is 7.65. The molecule has 0 unspecified atom stereocenters. The molecule has 0 fully saturated rings. The summed E-state index contributed by atoms with van der Waals surface area (Å²) in [6, 6.07) is 23.0. The van der Waals surface area contributed by atoms with Gasteiger partial charge in [-0.1, -0.05) is 60.3 Å². The number of rotatable bonds is 9. The van der Waals surface area contributed by atoms with Gasteiger partial charge in [0.2, 0.25) is 5.91 Å². The second-order valence-corrected chi connectivity index (χ2v) is 8.91. The molecule has 0 saturated heterocycles. The maximum Gasteiger partial charge on any atom is 0.262 e. The number of carbonyl (C=O) groups is 1. The Morgan fingerprint density at radius 2 is 1.76 bits per heavy atom. The Bertz CT molecular complexity index is 1350. The smallest absolute Gasteiger partial charge is 0.262 e. The fourth-order valence-corrected chi connectivity index (χ4v) is 4.55. The molecule has 0 bridgehead atoms. The fraction of sp³-hybridized carbons (Fsp3) is 0.222. The number of hydrogen-bond acceptors (Lipinski definition) is 5. The quantitative estimate of drug-likeness (QED) is 0.291. The Hall–Kier alpha value is -3.58. The molecular weight excluding hydrogens is 446 g/mol. The molecule has 0 saturated carbocycles. The molecule has 6 nitrogen and oxygen atoms in total. The summed E-state index contributed by atoms with van der Waals surface area (Å²) in [7, 11) is 1.62. The monoisotopic (exact) mass is 473 g/mol. The van der Waals surface area contributed by atoms with Crippen LogP contribution in [0.2, 0.25) is 0 Å². The molecule has 3 aromatic carbocycles. The van der Waals surface area contributed by atoms with Gasteiger partial charge in [-0.2, -0.15) is 0 Å². The van der Waals surface area contributed by atoms with E-state index in [9.17, 15) is 9.59 Å². The lowest BCUT2D eigenvalue weighted by molar-refractivity contribution is -0.118. The summed E-state index contributed by atoms with van der Waals surface area (Å²) < 4.78 is 6.86. The van der Waals surface area contributed by atoms with E-state index in [0.29, 0.717) is 29.1 Å². The van der Waals surface area contributed by atoms with Crippen molar-refractivity contribution in [3.63, 3.8) is 0 Å². The van der Waals surface area contributed by atoms with E-state index in [1.807, 2.05) is 54.6 Å². The molecule has 34 heavy (non-hydrogen) atoms. The van der Waals surface area contributed by atoms with Crippen LogP contribution in [0, 0.1) is 6.92 Å². The van der Waals surface area contributed by atoms with Gasteiger partial charge in [-0.15, -0.1) is 0 Å². The second-order valence-electron chi connectivity index (χ2n) is 7.97. The van der Waals surface area contributed by atoms with Crippen LogP contribution < -0.4 is 15.6 Å². The van der Waals surface area contributed by atoms with Gasteiger partial charge in [0.1, 0.15) is 5.75 Å². The predicted octanol–water partition coefficient (Wildman–Crippen LogP) is 4.21. The highest BCUT2D eigenvalue weighted by molar-refractivity contribution is 7.99. The first-order valence-electron chi connectivity index (χ1n) is 11.1. The Labute approximate surface area is 203 Å². The number of hydrogen-bond donors (Lipinski definition) is 1. The SMILES string of the molecule is COc1ccc(Cn2c(SCC(=O)NCCc3ccccc3C)nc3ccccc3c2=O)cc1. The molecule has 1 amide bonds. The molecule has 0 aliphatic heterocycles. The Morgan fingerprint density at radius 1 is 1.03 bits per heavy atom. The number of para-hydroxylation sites is 1. The van der Waals surface area contributed by atoms with E-state index in [1.54, 1.807) is 17.7 Å². The first-order chi connectivity index (χ1) is 16.5. The van der Waals surface area contributed by atoms with Crippen molar-refractivity contribution in [3.8, 4) is 5.75 Å². The van der Waals surface area contributed by atoms with Crippen LogP contribution in [0.25, 0.3) is 10.9 Å². The van der Waals surface area contributed by atoms with E-state index in [4.69, 9.17) is 9.72 Å². The highest BCUT2D eigenvalue weighted by Gasteiger charge is 2.14. The van der Waals surface area contributed by atoms with E-state index in [-0.39, 0.29) is 17.2 Å². The van der Waals surface area contributed by atoms with Crippen molar-refractivity contribution in [2.75, 3.05) is 19.4 Å². The highest BCUT2D eigenvalue weighted by atomic mass is 32.2. The van der Waals surface area contributed by atoms with Gasteiger partial charge in [0.25, 0.3) is 5.56 Å². The molecule has 4 rings (SSSR count). The van der Waals surface area contributed by atoms with Crippen LogP contribution in [-0.2, 0) is 17.8 Å². The fourth-order valence-electron chi connectivity index (χ4n) is 3.72. The number of carbonyl (C=O) groups excluding carboxylic acids is 1. The minimum atomic E-state index is -0.121. The van der Waals surface area contributed by atoms with Gasteiger partial charge in [0.15, 0.2) is 5.16 Å². The lowest BCUT2D eigenvalue weighted by Gasteiger charge is -2.14. The maximum absolute atomic E-state index is 13.3. The van der Waals surface area contributed by atoms with Crippen molar-refractivity contribution in [2.45, 2.75) is 25.0 Å². The number of nitrogens with one attached hydrogen (secondary N) is 1. The third-order valence-corrected chi connectivity index (χ3v) is 6.61. The molecule has 0 spiro atoms. The third-order valence-electron chi connectivity index (χ3n) is 5.64. The standard InChI is InChI=1S/C27H27N3O3S/c1-19-7-3-4-8-21(19)15-16-28-25(31)18-34-27-29-24-10-6-5-9-23(24)26(32)30(27)17-20-11-13-22(33-2)14-12-20/h3-14H,15-18H2,1-2H3,(H,28,31). The maximum atomic E-state index is 13.3. The normalized spacial score (nSPS) is 10.9. The zero-order valence-corrected chi connectivity index (χ0v) is 20.1. The van der Waals surface area contributed by atoms with E-state index in [0.717, 1.165) is 17.7 Å². The molecule has 0 aliphatic carbocycles. The molecule has 0 aliphatic rings. The number of aromatic nitrogens is 2. The van der Waals surface area contributed by atoms with E-state index in [1.165, 1.54) is 22.9 Å². The van der Waals surface area contributed by atoms with Crippen molar-refractivity contribution in [1.29, 1.82) is 0 Å². The summed E-state index contributed by atoms with van der Waals surface area (Å²) in [6.07, 6.45) is 0.777. The van der Waals surface area contributed by atoms with E-state index in [2.05, 4.69) is 24.4 Å². The Morgan fingerprint density at radius 3 is 2.53 bits per heavy atom. The number of methoxy groups -OCH3 is 1. The van der Waals surface area contributed by atoms with Gasteiger partial charge in [0.05, 0.1) is 30.3 Å². The molecule has 1 N–H and O–H groups in total. The minimum absolute atomic E-state index is 0.0861. The number of aryl methyl sites for hydroxylation is 1. The summed E-state index contributed by atoms with van der Waals surface area (Å²) in [6.45, 7) is 2.99. The molecular formula is C27H27N3O3S. The largest absolute Gasteiger partial charge is 0.497 e. The number of ether oxygens (including phenoxy) is 1. The van der Waals surface area contributed by atoms with Crippen LogP contribution in [0.5, 0.6) is 5.75 Å². The van der Waals surface area contributed by atoms with Gasteiger partial charge in [-0.05, 0) is 54.3 Å². The van der Waals surface area contributed by atoms with Gasteiger partial charge in [-0.3, -0.25) is 14.2 Å². The summed E-state index contributed by atoms with van der Waals surface area (Å²) in [4.78, 5) is 30.5. The summed E-state index contributed by atoms with van der Waals surface area (Å²) in [5.74, 6) is 0.850. The van der Waals surface area contributed by atoms with Crippen LogP contribution in [-0.4, -0.2) is 34.9 Å². The lowest BCUT2D eigenvalue weighted by atomic mass is 10.1. The molecule has 7 heteroatoms. The van der Waals surface area contributed by atoms with Crippen LogP contribution in [0.15, 0.2) is 82.7 Å². The number of nitrogens with zero attached hydrogens (tertiary/aromatic N) is 2. The van der Waals surface area contributed by atoms with Crippen molar-refractivity contribution in [2.24, 2.45) is 0 Å². The number of thioether (sulfide) groups is 1. The van der Waals surface area contributed by atoms with E-state index < -0.39 is 0 Å². The van der Waals surface area contributed by atoms with Gasteiger partial charge >= 0.3 is 0 Å². The molecule has 174 valence electrons. The van der Waals surface area contributed by atoms with Crippen LogP contribution in [0.4, 0.5) is 0 Å². The van der Waals surface area contributed by atoms with Crippen LogP contribution in [0.3, 0.4) is 0 Å². The van der Waals surface area contributed by atoms with Crippen LogP contribution in [0.1, 0.15) is 16.7 Å². The van der Waals surface area contributed by atoms with Crippen LogP contribution >= 0.6 is 11.8 Å². The summed E-state index contributed by atoms with van der Waals surface area (Å²) in [5, 5.41) is 4.05.